The fourth-order valence-corrected chi connectivity index (χ4v) is 4.96. The molecule has 3 aliphatic rings. The van der Waals surface area contributed by atoms with Crippen LogP contribution in [0.4, 0.5) is 0 Å². The normalized spacial score (nSPS) is 35.1. The van der Waals surface area contributed by atoms with Gasteiger partial charge in [-0.25, -0.2) is 0 Å². The standard InChI is InChI=1S/C15H26N2O3S/c18-14(19)15(16-13-3-4-13)6-1-2-12(15)5-7-17-8-10-21(20)11-9-17/h12-13,16H,1-11H2,(H,18,19). The fraction of sp³-hybridized carbons (Fsp3) is 0.933. The van der Waals surface area contributed by atoms with Crippen molar-refractivity contribution in [3.63, 3.8) is 0 Å². The summed E-state index contributed by atoms with van der Waals surface area (Å²) < 4.78 is 11.4. The lowest BCUT2D eigenvalue weighted by atomic mass is 9.84. The number of nitrogens with one attached hydrogen (secondary N) is 1. The van der Waals surface area contributed by atoms with Crippen LogP contribution in [-0.4, -0.2) is 62.9 Å². The summed E-state index contributed by atoms with van der Waals surface area (Å²) in [6.07, 6.45) is 6.00. The second-order valence-corrected chi connectivity index (χ2v) is 8.46. The van der Waals surface area contributed by atoms with Gasteiger partial charge in [0.1, 0.15) is 5.54 Å². The van der Waals surface area contributed by atoms with Crippen molar-refractivity contribution in [2.75, 3.05) is 31.1 Å². The van der Waals surface area contributed by atoms with Gasteiger partial charge in [-0.3, -0.25) is 14.3 Å². The first-order valence-corrected chi connectivity index (χ1v) is 9.67. The Kier molecular flexibility index (Phi) is 4.66. The van der Waals surface area contributed by atoms with Crippen molar-refractivity contribution >= 4 is 16.8 Å². The highest BCUT2D eigenvalue weighted by Gasteiger charge is 2.51. The highest BCUT2D eigenvalue weighted by Crippen LogP contribution is 2.40. The summed E-state index contributed by atoms with van der Waals surface area (Å²) in [5.74, 6) is 1.13. The predicted octanol–water partition coefficient (Wildman–Crippen LogP) is 0.816. The zero-order valence-corrected chi connectivity index (χ0v) is 13.4. The Morgan fingerprint density at radius 2 is 2.00 bits per heavy atom. The third kappa shape index (κ3) is 3.48. The molecule has 5 nitrogen and oxygen atoms in total. The zero-order valence-electron chi connectivity index (χ0n) is 12.6. The molecule has 1 heterocycles. The Balaban J connectivity index is 1.57. The van der Waals surface area contributed by atoms with E-state index >= 15 is 0 Å². The minimum atomic E-state index is -0.681. The first-order chi connectivity index (χ1) is 10.1. The number of carboxylic acid groups (broad SMARTS) is 1. The van der Waals surface area contributed by atoms with Crippen LogP contribution in [-0.2, 0) is 15.6 Å². The molecule has 0 aromatic carbocycles. The second kappa shape index (κ2) is 6.34. The zero-order chi connectivity index (χ0) is 14.9. The van der Waals surface area contributed by atoms with Crippen molar-refractivity contribution in [2.24, 2.45) is 5.92 Å². The number of carboxylic acids is 1. The molecular weight excluding hydrogens is 288 g/mol. The van der Waals surface area contributed by atoms with E-state index in [0.717, 1.165) is 69.7 Å². The molecule has 0 spiro atoms. The average molecular weight is 314 g/mol. The largest absolute Gasteiger partial charge is 0.480 e. The summed E-state index contributed by atoms with van der Waals surface area (Å²) in [6, 6.07) is 0.430. The minimum Gasteiger partial charge on any atom is -0.480 e. The Morgan fingerprint density at radius 1 is 1.29 bits per heavy atom. The first-order valence-electron chi connectivity index (χ1n) is 8.18. The lowest BCUT2D eigenvalue weighted by molar-refractivity contribution is -0.147. The third-order valence-electron chi connectivity index (χ3n) is 5.31. The topological polar surface area (TPSA) is 69.6 Å². The molecule has 2 atom stereocenters. The summed E-state index contributed by atoms with van der Waals surface area (Å²) in [5, 5.41) is 13.2. The van der Waals surface area contributed by atoms with E-state index in [1.807, 2.05) is 0 Å². The van der Waals surface area contributed by atoms with Crippen molar-refractivity contribution in [3.8, 4) is 0 Å². The first kappa shape index (κ1) is 15.4. The summed E-state index contributed by atoms with van der Waals surface area (Å²) in [6.45, 7) is 2.74. The number of carbonyl (C=O) groups is 1. The molecule has 0 aromatic heterocycles. The molecule has 0 aromatic rings. The summed E-state index contributed by atoms with van der Waals surface area (Å²) >= 11 is 0. The molecule has 3 fully saturated rings. The van der Waals surface area contributed by atoms with Gasteiger partial charge >= 0.3 is 5.97 Å². The van der Waals surface area contributed by atoms with E-state index < -0.39 is 22.3 Å². The van der Waals surface area contributed by atoms with Gasteiger partial charge in [-0.15, -0.1) is 0 Å². The van der Waals surface area contributed by atoms with Crippen LogP contribution in [0.2, 0.25) is 0 Å². The highest BCUT2D eigenvalue weighted by atomic mass is 32.2. The Labute approximate surface area is 128 Å². The molecule has 6 heteroatoms. The average Bonchev–Trinajstić information content (AvgIpc) is 3.17. The smallest absolute Gasteiger partial charge is 0.324 e. The van der Waals surface area contributed by atoms with Gasteiger partial charge in [-0.2, -0.15) is 0 Å². The lowest BCUT2D eigenvalue weighted by Crippen LogP contribution is -2.56. The van der Waals surface area contributed by atoms with Crippen LogP contribution in [0.1, 0.15) is 38.5 Å². The quantitative estimate of drug-likeness (QED) is 0.759. The van der Waals surface area contributed by atoms with Crippen LogP contribution in [0.15, 0.2) is 0 Å². The van der Waals surface area contributed by atoms with Crippen LogP contribution in [0.5, 0.6) is 0 Å². The molecule has 120 valence electrons. The fourth-order valence-electron chi connectivity index (χ4n) is 3.83. The molecule has 2 N–H and O–H groups in total. The number of rotatable bonds is 6. The van der Waals surface area contributed by atoms with Crippen molar-refractivity contribution < 1.29 is 14.1 Å². The van der Waals surface area contributed by atoms with Crippen LogP contribution in [0.25, 0.3) is 0 Å². The van der Waals surface area contributed by atoms with E-state index in [-0.39, 0.29) is 5.92 Å². The van der Waals surface area contributed by atoms with Crippen LogP contribution in [0, 0.1) is 5.92 Å². The third-order valence-corrected chi connectivity index (χ3v) is 6.58. The molecule has 2 saturated carbocycles. The van der Waals surface area contributed by atoms with E-state index in [4.69, 9.17) is 0 Å². The van der Waals surface area contributed by atoms with Crippen LogP contribution >= 0.6 is 0 Å². The summed E-state index contributed by atoms with van der Waals surface area (Å²) in [7, 11) is -0.637. The molecule has 0 radical (unpaired) electrons. The minimum absolute atomic E-state index is 0.239. The van der Waals surface area contributed by atoms with E-state index in [1.54, 1.807) is 0 Å². The number of hydrogen-bond acceptors (Lipinski definition) is 4. The molecule has 2 unspecified atom stereocenters. The van der Waals surface area contributed by atoms with Gasteiger partial charge in [0.2, 0.25) is 0 Å². The highest BCUT2D eigenvalue weighted by molar-refractivity contribution is 7.85. The second-order valence-electron chi connectivity index (χ2n) is 6.76. The Hall–Kier alpha value is -0.460. The van der Waals surface area contributed by atoms with Crippen molar-refractivity contribution in [1.29, 1.82) is 0 Å². The molecule has 21 heavy (non-hydrogen) atoms. The van der Waals surface area contributed by atoms with Gasteiger partial charge < -0.3 is 10.0 Å². The van der Waals surface area contributed by atoms with Crippen molar-refractivity contribution in [2.45, 2.75) is 50.1 Å². The van der Waals surface area contributed by atoms with E-state index in [2.05, 4.69) is 10.2 Å². The van der Waals surface area contributed by atoms with Gasteiger partial charge in [-0.1, -0.05) is 6.42 Å². The maximum absolute atomic E-state index is 11.9. The predicted molar refractivity (Wildman–Crippen MR) is 82.8 cm³/mol. The number of aliphatic carboxylic acids is 1. The van der Waals surface area contributed by atoms with Gasteiger partial charge in [0, 0.05) is 41.4 Å². The van der Waals surface area contributed by atoms with E-state index in [9.17, 15) is 14.1 Å². The SMILES string of the molecule is O=C(O)C1(NC2CC2)CCCC1CCN1CCS(=O)CC1. The number of nitrogens with zero attached hydrogens (tertiary/aromatic N) is 1. The maximum atomic E-state index is 11.9. The summed E-state index contributed by atoms with van der Waals surface area (Å²) in [4.78, 5) is 14.2. The van der Waals surface area contributed by atoms with Gasteiger partial charge in [0.25, 0.3) is 0 Å². The van der Waals surface area contributed by atoms with Gasteiger partial charge in [0.05, 0.1) is 0 Å². The summed E-state index contributed by atoms with van der Waals surface area (Å²) in [5.41, 5.74) is -0.681. The van der Waals surface area contributed by atoms with Crippen molar-refractivity contribution in [3.05, 3.63) is 0 Å². The molecule has 3 rings (SSSR count). The molecular formula is C15H26N2O3S. The van der Waals surface area contributed by atoms with Gasteiger partial charge in [-0.05, 0) is 44.6 Å². The molecule has 0 amide bonds. The molecule has 0 bridgehead atoms. The monoisotopic (exact) mass is 314 g/mol. The van der Waals surface area contributed by atoms with Crippen LogP contribution < -0.4 is 5.32 Å². The van der Waals surface area contributed by atoms with Crippen LogP contribution in [0.3, 0.4) is 0 Å². The van der Waals surface area contributed by atoms with E-state index in [1.165, 1.54) is 0 Å². The Morgan fingerprint density at radius 3 is 2.62 bits per heavy atom. The van der Waals surface area contributed by atoms with E-state index in [0.29, 0.717) is 6.04 Å². The molecule has 1 saturated heterocycles. The lowest BCUT2D eigenvalue weighted by Gasteiger charge is -2.35. The maximum Gasteiger partial charge on any atom is 0.324 e. The van der Waals surface area contributed by atoms with Gasteiger partial charge in [0.15, 0.2) is 0 Å². The molecule has 1 aliphatic heterocycles. The number of hydrogen-bond donors (Lipinski definition) is 2. The van der Waals surface area contributed by atoms with Crippen molar-refractivity contribution in [1.82, 2.24) is 10.2 Å². The molecule has 2 aliphatic carbocycles. The Bertz CT molecular complexity index is 417.